The highest BCUT2D eigenvalue weighted by molar-refractivity contribution is 5.67. The van der Waals surface area contributed by atoms with Crippen LogP contribution in [0.15, 0.2) is 17.3 Å². The molecular formula is C9H15NO4. The van der Waals surface area contributed by atoms with E-state index in [-0.39, 0.29) is 5.92 Å². The smallest absolute Gasteiger partial charge is 0.306 e. The van der Waals surface area contributed by atoms with Gasteiger partial charge in [0.1, 0.15) is 6.04 Å². The van der Waals surface area contributed by atoms with Gasteiger partial charge in [0.2, 0.25) is 0 Å². The first-order valence-electron chi connectivity index (χ1n) is 4.31. The summed E-state index contributed by atoms with van der Waals surface area (Å²) in [7, 11) is 0. The first-order chi connectivity index (χ1) is 6.40. The third-order valence-electron chi connectivity index (χ3n) is 1.98. The molecule has 2 atom stereocenters. The maximum Gasteiger partial charge on any atom is 0.306 e. The number of nitroso groups, excluding NO2 is 1. The minimum absolute atomic E-state index is 0.0128. The van der Waals surface area contributed by atoms with Crippen LogP contribution >= 0.6 is 0 Å². The van der Waals surface area contributed by atoms with Crippen molar-refractivity contribution in [2.45, 2.75) is 32.4 Å². The summed E-state index contributed by atoms with van der Waals surface area (Å²) in [6, 6.07) is -1.04. The van der Waals surface area contributed by atoms with Crippen LogP contribution in [0.5, 0.6) is 0 Å². The SMILES string of the molecule is C=C(C(C)C)[C@H](N=O)[C@@H](O)CC(=O)O. The number of hydrogen-bond donors (Lipinski definition) is 2. The summed E-state index contributed by atoms with van der Waals surface area (Å²) in [4.78, 5) is 20.7. The number of aliphatic hydroxyl groups excluding tert-OH is 1. The molecule has 0 aromatic rings. The maximum absolute atomic E-state index is 10.4. The Kier molecular flexibility index (Phi) is 5.01. The van der Waals surface area contributed by atoms with Crippen molar-refractivity contribution in [3.8, 4) is 0 Å². The van der Waals surface area contributed by atoms with Crippen LogP contribution in [-0.4, -0.2) is 28.3 Å². The zero-order valence-corrected chi connectivity index (χ0v) is 8.30. The summed E-state index contributed by atoms with van der Waals surface area (Å²) in [5.74, 6) is -1.18. The molecule has 0 radical (unpaired) electrons. The van der Waals surface area contributed by atoms with Gasteiger partial charge in [-0.1, -0.05) is 25.6 Å². The van der Waals surface area contributed by atoms with Gasteiger partial charge < -0.3 is 10.2 Å². The lowest BCUT2D eigenvalue weighted by Crippen LogP contribution is -2.29. The Labute approximate surface area is 82.4 Å². The quantitative estimate of drug-likeness (QED) is 0.498. The minimum atomic E-state index is -1.29. The average Bonchev–Trinajstić information content (AvgIpc) is 2.03. The number of carboxylic acid groups (broad SMARTS) is 1. The molecule has 0 saturated heterocycles. The molecule has 0 saturated carbocycles. The molecule has 0 aliphatic carbocycles. The molecule has 5 nitrogen and oxygen atoms in total. The Balaban J connectivity index is 4.47. The molecule has 0 unspecified atom stereocenters. The van der Waals surface area contributed by atoms with Gasteiger partial charge in [-0.3, -0.25) is 4.79 Å². The molecule has 0 spiro atoms. The van der Waals surface area contributed by atoms with E-state index in [1.54, 1.807) is 13.8 Å². The van der Waals surface area contributed by atoms with Gasteiger partial charge in [-0.25, -0.2) is 0 Å². The van der Waals surface area contributed by atoms with Gasteiger partial charge in [0.25, 0.3) is 0 Å². The molecule has 2 N–H and O–H groups in total. The van der Waals surface area contributed by atoms with Crippen LogP contribution in [0.25, 0.3) is 0 Å². The summed E-state index contributed by atoms with van der Waals surface area (Å²) >= 11 is 0. The third kappa shape index (κ3) is 3.66. The summed E-state index contributed by atoms with van der Waals surface area (Å²) in [6.45, 7) is 7.21. The fourth-order valence-electron chi connectivity index (χ4n) is 1.02. The van der Waals surface area contributed by atoms with E-state index in [0.717, 1.165) is 0 Å². The van der Waals surface area contributed by atoms with E-state index in [1.807, 2.05) is 0 Å². The van der Waals surface area contributed by atoms with Crippen LogP contribution in [0.1, 0.15) is 20.3 Å². The number of nitrogens with zero attached hydrogens (tertiary/aromatic N) is 1. The molecule has 0 heterocycles. The molecule has 14 heavy (non-hydrogen) atoms. The number of rotatable bonds is 6. The largest absolute Gasteiger partial charge is 0.481 e. The Hall–Kier alpha value is -1.23. The van der Waals surface area contributed by atoms with Crippen LogP contribution in [-0.2, 0) is 4.79 Å². The fraction of sp³-hybridized carbons (Fsp3) is 0.667. The van der Waals surface area contributed by atoms with Crippen molar-refractivity contribution >= 4 is 5.97 Å². The van der Waals surface area contributed by atoms with Gasteiger partial charge in [-0.2, -0.15) is 4.91 Å². The molecular weight excluding hydrogens is 186 g/mol. The Morgan fingerprint density at radius 3 is 2.29 bits per heavy atom. The van der Waals surface area contributed by atoms with Crippen LogP contribution < -0.4 is 0 Å². The summed E-state index contributed by atoms with van der Waals surface area (Å²) in [6.07, 6.45) is -1.79. The van der Waals surface area contributed by atoms with Crippen molar-refractivity contribution < 1.29 is 15.0 Å². The maximum atomic E-state index is 10.4. The third-order valence-corrected chi connectivity index (χ3v) is 1.98. The lowest BCUT2D eigenvalue weighted by Gasteiger charge is -2.19. The van der Waals surface area contributed by atoms with Crippen molar-refractivity contribution in [2.24, 2.45) is 11.1 Å². The number of carbonyl (C=O) groups is 1. The molecule has 0 aliphatic heterocycles. The standard InChI is InChI=1S/C9H15NO4/c1-5(2)6(3)9(10-14)7(11)4-8(12)13/h5,7,9,11H,3-4H2,1-2H3,(H,12,13)/t7-,9-/m0/s1. The number of hydrogen-bond acceptors (Lipinski definition) is 4. The van der Waals surface area contributed by atoms with Crippen molar-refractivity contribution in [1.82, 2.24) is 0 Å². The van der Waals surface area contributed by atoms with Gasteiger partial charge in [0.15, 0.2) is 0 Å². The Morgan fingerprint density at radius 2 is 2.00 bits per heavy atom. The number of aliphatic carboxylic acids is 1. The molecule has 0 bridgehead atoms. The molecule has 0 rings (SSSR count). The van der Waals surface area contributed by atoms with Crippen LogP contribution in [0.2, 0.25) is 0 Å². The van der Waals surface area contributed by atoms with Crippen LogP contribution in [0, 0.1) is 10.8 Å². The predicted octanol–water partition coefficient (Wildman–Crippen LogP) is 1.17. The molecule has 0 fully saturated rings. The molecule has 0 aromatic carbocycles. The Bertz CT molecular complexity index is 237. The molecule has 80 valence electrons. The van der Waals surface area contributed by atoms with E-state index < -0.39 is 24.5 Å². The molecule has 5 heteroatoms. The Morgan fingerprint density at radius 1 is 1.50 bits per heavy atom. The van der Waals surface area contributed by atoms with E-state index in [0.29, 0.717) is 5.57 Å². The first-order valence-corrected chi connectivity index (χ1v) is 4.31. The van der Waals surface area contributed by atoms with E-state index in [1.165, 1.54) is 0 Å². The summed E-state index contributed by atoms with van der Waals surface area (Å²) in [5, 5.41) is 20.5. The van der Waals surface area contributed by atoms with E-state index in [4.69, 9.17) is 5.11 Å². The monoisotopic (exact) mass is 201 g/mol. The van der Waals surface area contributed by atoms with Gasteiger partial charge in [-0.15, -0.1) is 0 Å². The van der Waals surface area contributed by atoms with E-state index >= 15 is 0 Å². The van der Waals surface area contributed by atoms with Crippen molar-refractivity contribution in [3.63, 3.8) is 0 Å². The summed E-state index contributed by atoms with van der Waals surface area (Å²) in [5.41, 5.74) is 0.453. The van der Waals surface area contributed by atoms with Crippen LogP contribution in [0.4, 0.5) is 0 Å². The van der Waals surface area contributed by atoms with Gasteiger partial charge in [0, 0.05) is 0 Å². The highest BCUT2D eigenvalue weighted by Gasteiger charge is 2.26. The van der Waals surface area contributed by atoms with Crippen molar-refractivity contribution in [1.29, 1.82) is 0 Å². The second kappa shape index (κ2) is 5.49. The van der Waals surface area contributed by atoms with Gasteiger partial charge in [-0.05, 0) is 11.5 Å². The van der Waals surface area contributed by atoms with Gasteiger partial charge >= 0.3 is 5.97 Å². The van der Waals surface area contributed by atoms with E-state index in [9.17, 15) is 14.8 Å². The number of aliphatic hydroxyl groups is 1. The highest BCUT2D eigenvalue weighted by Crippen LogP contribution is 2.19. The second-order valence-electron chi connectivity index (χ2n) is 3.45. The van der Waals surface area contributed by atoms with Gasteiger partial charge in [0.05, 0.1) is 12.5 Å². The highest BCUT2D eigenvalue weighted by atomic mass is 16.4. The minimum Gasteiger partial charge on any atom is -0.481 e. The normalized spacial score (nSPS) is 14.9. The zero-order valence-electron chi connectivity index (χ0n) is 8.30. The fourth-order valence-corrected chi connectivity index (χ4v) is 1.02. The molecule has 0 aliphatic rings. The van der Waals surface area contributed by atoms with Crippen molar-refractivity contribution in [2.75, 3.05) is 0 Å². The van der Waals surface area contributed by atoms with Crippen LogP contribution in [0.3, 0.4) is 0 Å². The number of carboxylic acids is 1. The predicted molar refractivity (Wildman–Crippen MR) is 51.8 cm³/mol. The molecule has 0 amide bonds. The molecule has 0 aromatic heterocycles. The van der Waals surface area contributed by atoms with E-state index in [2.05, 4.69) is 11.8 Å². The lowest BCUT2D eigenvalue weighted by atomic mass is 9.93. The van der Waals surface area contributed by atoms with Crippen molar-refractivity contribution in [3.05, 3.63) is 17.1 Å². The summed E-state index contributed by atoms with van der Waals surface area (Å²) < 4.78 is 0. The first kappa shape index (κ1) is 12.8. The average molecular weight is 201 g/mol. The zero-order chi connectivity index (χ0) is 11.3. The lowest BCUT2D eigenvalue weighted by molar-refractivity contribution is -0.139. The topological polar surface area (TPSA) is 87.0 Å². The second-order valence-corrected chi connectivity index (χ2v) is 3.45.